The van der Waals surface area contributed by atoms with Crippen LogP contribution in [0.15, 0.2) is 18.2 Å². The van der Waals surface area contributed by atoms with Gasteiger partial charge in [-0.1, -0.05) is 19.3 Å². The quantitative estimate of drug-likeness (QED) is 0.548. The van der Waals surface area contributed by atoms with Crippen molar-refractivity contribution in [1.82, 2.24) is 5.32 Å². The predicted octanol–water partition coefficient (Wildman–Crippen LogP) is 2.59. The number of nitro groups is 1. The minimum Gasteiger partial charge on any atom is -0.388 e. The number of hydrogen-bond donors (Lipinski definition) is 3. The minimum atomic E-state index is -0.811. The van der Waals surface area contributed by atoms with E-state index >= 15 is 0 Å². The molecule has 0 atom stereocenters. The van der Waals surface area contributed by atoms with Crippen LogP contribution in [0.5, 0.6) is 0 Å². The Labute approximate surface area is 140 Å². The van der Waals surface area contributed by atoms with Gasteiger partial charge in [0.15, 0.2) is 0 Å². The number of hydrogen-bond acceptors (Lipinski definition) is 5. The van der Waals surface area contributed by atoms with Gasteiger partial charge in [-0.05, 0) is 37.8 Å². The van der Waals surface area contributed by atoms with Crippen molar-refractivity contribution in [2.45, 2.75) is 56.6 Å². The summed E-state index contributed by atoms with van der Waals surface area (Å²) in [4.78, 5) is 22.9. The zero-order valence-corrected chi connectivity index (χ0v) is 13.6. The number of anilines is 1. The van der Waals surface area contributed by atoms with E-state index in [1.54, 1.807) is 12.1 Å². The Hall–Kier alpha value is -2.15. The molecule has 7 heteroatoms. The summed E-state index contributed by atoms with van der Waals surface area (Å²) in [5.74, 6) is -0.280. The summed E-state index contributed by atoms with van der Waals surface area (Å²) in [5.41, 5.74) is -0.330. The van der Waals surface area contributed by atoms with E-state index in [1.165, 1.54) is 6.07 Å². The lowest BCUT2D eigenvalue weighted by atomic mass is 9.85. The second-order valence-electron chi connectivity index (χ2n) is 6.88. The van der Waals surface area contributed by atoms with Crippen molar-refractivity contribution >= 4 is 17.3 Å². The van der Waals surface area contributed by atoms with Gasteiger partial charge in [0, 0.05) is 24.2 Å². The highest BCUT2D eigenvalue weighted by molar-refractivity contribution is 5.96. The van der Waals surface area contributed by atoms with E-state index < -0.39 is 10.5 Å². The van der Waals surface area contributed by atoms with Crippen LogP contribution in [0.25, 0.3) is 0 Å². The van der Waals surface area contributed by atoms with E-state index in [4.69, 9.17) is 0 Å². The molecule has 0 bridgehead atoms. The third kappa shape index (κ3) is 4.03. The van der Waals surface area contributed by atoms with Crippen LogP contribution in [0.3, 0.4) is 0 Å². The Morgan fingerprint density at radius 2 is 2.00 bits per heavy atom. The summed E-state index contributed by atoms with van der Waals surface area (Å²) in [6.45, 7) is 0.279. The molecule has 0 radical (unpaired) electrons. The molecule has 1 aromatic carbocycles. The molecule has 2 aliphatic rings. The number of carbonyl (C=O) groups is 1. The number of benzene rings is 1. The summed E-state index contributed by atoms with van der Waals surface area (Å²) in [5, 5.41) is 27.7. The predicted molar refractivity (Wildman–Crippen MR) is 90.1 cm³/mol. The first-order chi connectivity index (χ1) is 11.5. The van der Waals surface area contributed by atoms with Gasteiger partial charge in [-0.3, -0.25) is 14.9 Å². The monoisotopic (exact) mass is 333 g/mol. The number of aliphatic hydroxyl groups is 1. The van der Waals surface area contributed by atoms with E-state index in [2.05, 4.69) is 10.6 Å². The number of rotatable bonds is 6. The molecular weight excluding hydrogens is 310 g/mol. The largest absolute Gasteiger partial charge is 0.388 e. The van der Waals surface area contributed by atoms with Crippen molar-refractivity contribution in [2.24, 2.45) is 0 Å². The number of nitrogens with one attached hydrogen (secondary N) is 2. The van der Waals surface area contributed by atoms with Gasteiger partial charge in [0.05, 0.1) is 10.5 Å². The SMILES string of the molecule is O=C(NC1CC1)c1ccc(NCC2(O)CCCCC2)c([N+](=O)[O-])c1. The van der Waals surface area contributed by atoms with E-state index in [0.29, 0.717) is 18.5 Å². The average Bonchev–Trinajstić information content (AvgIpc) is 3.37. The number of amides is 1. The fourth-order valence-electron chi connectivity index (χ4n) is 3.12. The zero-order valence-electron chi connectivity index (χ0n) is 13.6. The fourth-order valence-corrected chi connectivity index (χ4v) is 3.12. The Bertz CT molecular complexity index is 637. The molecule has 0 spiro atoms. The van der Waals surface area contributed by atoms with E-state index in [9.17, 15) is 20.0 Å². The van der Waals surface area contributed by atoms with E-state index in [1.807, 2.05) is 0 Å². The van der Waals surface area contributed by atoms with E-state index in [0.717, 1.165) is 32.1 Å². The van der Waals surface area contributed by atoms with Crippen molar-refractivity contribution in [3.63, 3.8) is 0 Å². The van der Waals surface area contributed by atoms with Crippen LogP contribution in [-0.4, -0.2) is 34.1 Å². The zero-order chi connectivity index (χ0) is 17.2. The highest BCUT2D eigenvalue weighted by Gasteiger charge is 2.30. The third-order valence-electron chi connectivity index (χ3n) is 4.76. The van der Waals surface area contributed by atoms with Crippen molar-refractivity contribution in [3.8, 4) is 0 Å². The summed E-state index contributed by atoms with van der Waals surface area (Å²) in [6.07, 6.45) is 6.40. The summed E-state index contributed by atoms with van der Waals surface area (Å²) in [7, 11) is 0. The Balaban J connectivity index is 1.71. The van der Waals surface area contributed by atoms with Gasteiger partial charge in [-0.2, -0.15) is 0 Å². The normalized spacial score (nSPS) is 19.5. The van der Waals surface area contributed by atoms with Crippen LogP contribution in [0.1, 0.15) is 55.3 Å². The van der Waals surface area contributed by atoms with Crippen LogP contribution in [0, 0.1) is 10.1 Å². The molecule has 1 aromatic rings. The molecule has 24 heavy (non-hydrogen) atoms. The maximum atomic E-state index is 12.0. The fraction of sp³-hybridized carbons (Fsp3) is 0.588. The molecule has 3 N–H and O–H groups in total. The molecule has 2 saturated carbocycles. The van der Waals surface area contributed by atoms with Crippen molar-refractivity contribution in [3.05, 3.63) is 33.9 Å². The molecule has 7 nitrogen and oxygen atoms in total. The molecule has 0 aromatic heterocycles. The molecule has 0 aliphatic heterocycles. The van der Waals surface area contributed by atoms with Gasteiger partial charge in [0.1, 0.15) is 5.69 Å². The molecule has 2 aliphatic carbocycles. The van der Waals surface area contributed by atoms with Crippen molar-refractivity contribution < 1.29 is 14.8 Å². The Morgan fingerprint density at radius 3 is 2.62 bits per heavy atom. The first kappa shape index (κ1) is 16.7. The molecule has 0 unspecified atom stereocenters. The molecule has 3 rings (SSSR count). The molecule has 1 amide bonds. The maximum absolute atomic E-state index is 12.0. The highest BCUT2D eigenvalue weighted by Crippen LogP contribution is 2.31. The van der Waals surface area contributed by atoms with Crippen LogP contribution in [0.2, 0.25) is 0 Å². The Morgan fingerprint density at radius 1 is 1.29 bits per heavy atom. The lowest BCUT2D eigenvalue weighted by Gasteiger charge is -2.32. The summed E-state index contributed by atoms with van der Waals surface area (Å²) < 4.78 is 0. The van der Waals surface area contributed by atoms with Gasteiger partial charge in [-0.25, -0.2) is 0 Å². The third-order valence-corrected chi connectivity index (χ3v) is 4.76. The van der Waals surface area contributed by atoms with Gasteiger partial charge in [-0.15, -0.1) is 0 Å². The molecular formula is C17H23N3O4. The lowest BCUT2D eigenvalue weighted by Crippen LogP contribution is -2.38. The van der Waals surface area contributed by atoms with Crippen LogP contribution in [0.4, 0.5) is 11.4 Å². The first-order valence-corrected chi connectivity index (χ1v) is 8.52. The number of carbonyl (C=O) groups excluding carboxylic acids is 1. The highest BCUT2D eigenvalue weighted by atomic mass is 16.6. The van der Waals surface area contributed by atoms with Crippen LogP contribution >= 0.6 is 0 Å². The van der Waals surface area contributed by atoms with Crippen molar-refractivity contribution in [1.29, 1.82) is 0 Å². The van der Waals surface area contributed by atoms with Crippen molar-refractivity contribution in [2.75, 3.05) is 11.9 Å². The van der Waals surface area contributed by atoms with Gasteiger partial charge in [0.2, 0.25) is 0 Å². The van der Waals surface area contributed by atoms with Gasteiger partial charge in [0.25, 0.3) is 11.6 Å². The Kier molecular flexibility index (Phi) is 4.71. The molecule has 2 fully saturated rings. The van der Waals surface area contributed by atoms with E-state index in [-0.39, 0.29) is 29.7 Å². The lowest BCUT2D eigenvalue weighted by molar-refractivity contribution is -0.384. The summed E-state index contributed by atoms with van der Waals surface area (Å²) >= 11 is 0. The van der Waals surface area contributed by atoms with Gasteiger partial charge < -0.3 is 15.7 Å². The standard InChI is InChI=1S/C17H23N3O4/c21-16(19-13-5-6-13)12-4-7-14(15(10-12)20(23)24)18-11-17(22)8-2-1-3-9-17/h4,7,10,13,18,22H,1-3,5-6,8-9,11H2,(H,19,21). The maximum Gasteiger partial charge on any atom is 0.293 e. The first-order valence-electron chi connectivity index (χ1n) is 8.52. The number of nitrogens with zero attached hydrogens (tertiary/aromatic N) is 1. The molecule has 130 valence electrons. The second kappa shape index (κ2) is 6.76. The summed E-state index contributed by atoms with van der Waals surface area (Å²) in [6, 6.07) is 4.63. The average molecular weight is 333 g/mol. The molecule has 0 saturated heterocycles. The van der Waals surface area contributed by atoms with Gasteiger partial charge >= 0.3 is 0 Å². The smallest absolute Gasteiger partial charge is 0.293 e. The number of nitro benzene ring substituents is 1. The van der Waals surface area contributed by atoms with Crippen LogP contribution < -0.4 is 10.6 Å². The van der Waals surface area contributed by atoms with Crippen LogP contribution in [-0.2, 0) is 0 Å². The topological polar surface area (TPSA) is 104 Å². The molecule has 0 heterocycles. The minimum absolute atomic E-state index is 0.141. The second-order valence-corrected chi connectivity index (χ2v) is 6.88.